The van der Waals surface area contributed by atoms with E-state index in [0.29, 0.717) is 23.2 Å². The molecule has 226 valence electrons. The summed E-state index contributed by atoms with van der Waals surface area (Å²) in [6.45, 7) is 7.31. The number of ether oxygens (including phenoxy) is 2. The average Bonchev–Trinajstić information content (AvgIpc) is 3.14. The van der Waals surface area contributed by atoms with Crippen LogP contribution in [-0.4, -0.2) is 42.4 Å². The van der Waals surface area contributed by atoms with Crippen molar-refractivity contribution in [2.24, 2.45) is 24.8 Å². The van der Waals surface area contributed by atoms with Gasteiger partial charge in [-0.2, -0.15) is 0 Å². The number of hydrogen-bond acceptors (Lipinski definition) is 7. The molecule has 0 amide bonds. The monoisotopic (exact) mass is 617 g/mol. The summed E-state index contributed by atoms with van der Waals surface area (Å²) in [5.41, 5.74) is 0.0413. The summed E-state index contributed by atoms with van der Waals surface area (Å²) in [6, 6.07) is 12.3. The van der Waals surface area contributed by atoms with Crippen molar-refractivity contribution in [1.82, 2.24) is 9.36 Å². The van der Waals surface area contributed by atoms with E-state index >= 15 is 0 Å². The SMILES string of the molecule is Cc1c(NS(=O)(=O)c2cc(C(=O)OCC(=O)OC3CC(C)CCC3C(C)C)ccc2Cl)c(=O)n(-c2ccccc2)n1C. The number of benzene rings is 2. The number of sulfonamides is 1. The number of nitrogens with one attached hydrogen (secondary N) is 1. The van der Waals surface area contributed by atoms with E-state index in [4.69, 9.17) is 21.1 Å². The molecule has 3 unspecified atom stereocenters. The summed E-state index contributed by atoms with van der Waals surface area (Å²) in [7, 11) is -2.78. The van der Waals surface area contributed by atoms with Crippen LogP contribution in [0.15, 0.2) is 58.2 Å². The zero-order valence-corrected chi connectivity index (χ0v) is 25.9. The standard InChI is InChI=1S/C30H36ClN3O7S/c1-18(2)23-13-11-19(3)15-25(23)41-27(35)17-40-30(37)21-12-14-24(31)26(16-21)42(38,39)32-28-20(4)33(5)34(29(28)36)22-9-7-6-8-10-22/h6-10,12,14,16,18-19,23,25,32H,11,13,15,17H2,1-5H3. The summed E-state index contributed by atoms with van der Waals surface area (Å²) < 4.78 is 42.8. The van der Waals surface area contributed by atoms with Gasteiger partial charge < -0.3 is 9.47 Å². The van der Waals surface area contributed by atoms with Crippen LogP contribution >= 0.6 is 11.6 Å². The molecule has 1 aromatic heterocycles. The number of carbonyl (C=O) groups is 2. The third-order valence-electron chi connectivity index (χ3n) is 7.81. The molecule has 0 radical (unpaired) electrons. The van der Waals surface area contributed by atoms with Crippen LogP contribution in [0.4, 0.5) is 5.69 Å². The number of aromatic nitrogens is 2. The third-order valence-corrected chi connectivity index (χ3v) is 9.64. The minimum atomic E-state index is -4.41. The molecule has 1 fully saturated rings. The molecule has 1 aliphatic carbocycles. The Balaban J connectivity index is 1.49. The largest absolute Gasteiger partial charge is 0.460 e. The van der Waals surface area contributed by atoms with Crippen molar-refractivity contribution in [2.75, 3.05) is 11.3 Å². The van der Waals surface area contributed by atoms with Gasteiger partial charge in [0.1, 0.15) is 16.7 Å². The van der Waals surface area contributed by atoms with Gasteiger partial charge in [-0.15, -0.1) is 0 Å². The number of anilines is 1. The Kier molecular flexibility index (Phi) is 9.52. The van der Waals surface area contributed by atoms with Crippen LogP contribution in [0, 0.1) is 24.7 Å². The molecule has 3 aromatic rings. The molecule has 10 nitrogen and oxygen atoms in total. The minimum Gasteiger partial charge on any atom is -0.460 e. The Morgan fingerprint density at radius 2 is 1.81 bits per heavy atom. The molecule has 0 spiro atoms. The topological polar surface area (TPSA) is 126 Å². The summed E-state index contributed by atoms with van der Waals surface area (Å²) in [5.74, 6) is -0.556. The lowest BCUT2D eigenvalue weighted by Gasteiger charge is -2.36. The second-order valence-electron chi connectivity index (χ2n) is 11.1. The third kappa shape index (κ3) is 6.73. The van der Waals surface area contributed by atoms with Crippen molar-refractivity contribution < 1.29 is 27.5 Å². The van der Waals surface area contributed by atoms with Gasteiger partial charge in [0.25, 0.3) is 15.6 Å². The van der Waals surface area contributed by atoms with Crippen LogP contribution in [0.2, 0.25) is 5.02 Å². The predicted molar refractivity (Wildman–Crippen MR) is 160 cm³/mol. The Labute approximate surface area is 250 Å². The van der Waals surface area contributed by atoms with Crippen LogP contribution < -0.4 is 10.3 Å². The molecule has 0 bridgehead atoms. The molecule has 3 atom stereocenters. The van der Waals surface area contributed by atoms with Crippen molar-refractivity contribution in [2.45, 2.75) is 58.0 Å². The van der Waals surface area contributed by atoms with Crippen LogP contribution in [-0.2, 0) is 31.3 Å². The molecule has 12 heteroatoms. The highest BCUT2D eigenvalue weighted by molar-refractivity contribution is 7.92. The maximum atomic E-state index is 13.4. The first-order chi connectivity index (χ1) is 19.8. The van der Waals surface area contributed by atoms with Gasteiger partial charge >= 0.3 is 11.9 Å². The van der Waals surface area contributed by atoms with Gasteiger partial charge in [-0.05, 0) is 67.9 Å². The van der Waals surface area contributed by atoms with Crippen LogP contribution in [0.5, 0.6) is 0 Å². The van der Waals surface area contributed by atoms with E-state index in [9.17, 15) is 22.8 Å². The van der Waals surface area contributed by atoms with Crippen molar-refractivity contribution >= 4 is 39.3 Å². The van der Waals surface area contributed by atoms with Gasteiger partial charge in [-0.3, -0.25) is 14.2 Å². The summed E-state index contributed by atoms with van der Waals surface area (Å²) in [6.07, 6.45) is 2.56. The van der Waals surface area contributed by atoms with E-state index < -0.39 is 39.0 Å². The average molecular weight is 618 g/mol. The van der Waals surface area contributed by atoms with E-state index in [1.165, 1.54) is 21.5 Å². The fraction of sp³-hybridized carbons (Fsp3) is 0.433. The summed E-state index contributed by atoms with van der Waals surface area (Å²) in [4.78, 5) is 38.1. The molecule has 1 aliphatic rings. The molecule has 1 saturated carbocycles. The second-order valence-corrected chi connectivity index (χ2v) is 13.2. The van der Waals surface area contributed by atoms with E-state index in [0.717, 1.165) is 25.3 Å². The highest BCUT2D eigenvalue weighted by atomic mass is 35.5. The maximum absolute atomic E-state index is 13.4. The zero-order valence-electron chi connectivity index (χ0n) is 24.3. The first kappa shape index (κ1) is 31.4. The van der Waals surface area contributed by atoms with E-state index in [-0.39, 0.29) is 28.3 Å². The fourth-order valence-electron chi connectivity index (χ4n) is 5.37. The van der Waals surface area contributed by atoms with Gasteiger partial charge in [-0.25, -0.2) is 22.7 Å². The molecule has 42 heavy (non-hydrogen) atoms. The Hall–Kier alpha value is -3.57. The van der Waals surface area contributed by atoms with Gasteiger partial charge in [0.15, 0.2) is 6.61 Å². The Morgan fingerprint density at radius 3 is 2.48 bits per heavy atom. The van der Waals surface area contributed by atoms with Gasteiger partial charge in [0.05, 0.1) is 22.0 Å². The molecule has 0 aliphatic heterocycles. The lowest BCUT2D eigenvalue weighted by atomic mass is 9.75. The number of esters is 2. The molecule has 2 aromatic carbocycles. The first-order valence-electron chi connectivity index (χ1n) is 13.8. The zero-order chi connectivity index (χ0) is 30.8. The number of para-hydroxylation sites is 1. The van der Waals surface area contributed by atoms with Gasteiger partial charge in [-0.1, -0.05) is 57.0 Å². The van der Waals surface area contributed by atoms with Gasteiger partial charge in [0, 0.05) is 7.05 Å². The minimum absolute atomic E-state index is 0.134. The van der Waals surface area contributed by atoms with Crippen molar-refractivity contribution in [3.8, 4) is 5.69 Å². The van der Waals surface area contributed by atoms with E-state index in [2.05, 4.69) is 25.5 Å². The number of carbonyl (C=O) groups excluding carboxylic acids is 2. The lowest BCUT2D eigenvalue weighted by molar-refractivity contribution is -0.159. The van der Waals surface area contributed by atoms with E-state index in [1.807, 2.05) is 0 Å². The van der Waals surface area contributed by atoms with Crippen LogP contribution in [0.1, 0.15) is 56.1 Å². The number of halogens is 1. The molecular weight excluding hydrogens is 582 g/mol. The van der Waals surface area contributed by atoms with E-state index in [1.54, 1.807) is 44.3 Å². The van der Waals surface area contributed by atoms with Crippen LogP contribution in [0.25, 0.3) is 5.69 Å². The second kappa shape index (κ2) is 12.7. The summed E-state index contributed by atoms with van der Waals surface area (Å²) >= 11 is 6.22. The molecule has 1 heterocycles. The smallest absolute Gasteiger partial charge is 0.344 e. The molecule has 1 N–H and O–H groups in total. The number of nitrogens with zero attached hydrogens (tertiary/aromatic N) is 2. The van der Waals surface area contributed by atoms with Crippen molar-refractivity contribution in [3.05, 3.63) is 75.2 Å². The Morgan fingerprint density at radius 1 is 1.12 bits per heavy atom. The number of rotatable bonds is 9. The normalized spacial score (nSPS) is 19.0. The maximum Gasteiger partial charge on any atom is 0.344 e. The summed E-state index contributed by atoms with van der Waals surface area (Å²) in [5, 5.41) is -0.165. The number of hydrogen-bond donors (Lipinski definition) is 1. The van der Waals surface area contributed by atoms with Crippen LogP contribution in [0.3, 0.4) is 0 Å². The predicted octanol–water partition coefficient (Wildman–Crippen LogP) is 5.10. The molecule has 0 saturated heterocycles. The highest BCUT2D eigenvalue weighted by Crippen LogP contribution is 2.35. The van der Waals surface area contributed by atoms with Crippen molar-refractivity contribution in [1.29, 1.82) is 0 Å². The quantitative estimate of drug-likeness (QED) is 0.331. The highest BCUT2D eigenvalue weighted by Gasteiger charge is 2.33. The molecular formula is C30H36ClN3O7S. The molecule has 4 rings (SSSR count). The Bertz CT molecular complexity index is 1630. The van der Waals surface area contributed by atoms with Crippen molar-refractivity contribution in [3.63, 3.8) is 0 Å². The lowest BCUT2D eigenvalue weighted by Crippen LogP contribution is -2.36. The first-order valence-corrected chi connectivity index (χ1v) is 15.7. The van der Waals surface area contributed by atoms with Gasteiger partial charge in [0.2, 0.25) is 0 Å². The fourth-order valence-corrected chi connectivity index (χ4v) is 7.02.